The van der Waals surface area contributed by atoms with Gasteiger partial charge < -0.3 is 10.5 Å². The van der Waals surface area contributed by atoms with Gasteiger partial charge in [-0.15, -0.1) is 0 Å². The van der Waals surface area contributed by atoms with Gasteiger partial charge in [-0.1, -0.05) is 24.3 Å². The maximum Gasteiger partial charge on any atom is 0.307 e. The summed E-state index contributed by atoms with van der Waals surface area (Å²) in [5, 5.41) is 0. The zero-order valence-electron chi connectivity index (χ0n) is 11.5. The third-order valence-corrected chi connectivity index (χ3v) is 3.00. The van der Waals surface area contributed by atoms with Crippen LogP contribution in [0.4, 0.5) is 0 Å². The minimum absolute atomic E-state index is 0.185. The molecule has 4 nitrogen and oxygen atoms in total. The van der Waals surface area contributed by atoms with Gasteiger partial charge in [0.1, 0.15) is 0 Å². The van der Waals surface area contributed by atoms with Crippen LogP contribution in [0.2, 0.25) is 0 Å². The third kappa shape index (κ3) is 3.65. The molecule has 0 radical (unpaired) electrons. The Bertz CT molecular complexity index is 570. The molecule has 0 fully saturated rings. The first-order chi connectivity index (χ1) is 9.70. The summed E-state index contributed by atoms with van der Waals surface area (Å²) in [5.41, 5.74) is 9.04. The summed E-state index contributed by atoms with van der Waals surface area (Å²) >= 11 is 0. The average Bonchev–Trinajstić information content (AvgIpc) is 2.48. The molecule has 1 aromatic carbocycles. The molecular weight excluding hydrogens is 252 g/mol. The van der Waals surface area contributed by atoms with Gasteiger partial charge in [0, 0.05) is 18.4 Å². The lowest BCUT2D eigenvalue weighted by Gasteiger charge is -2.12. The Morgan fingerprint density at radius 3 is 2.80 bits per heavy atom. The summed E-state index contributed by atoms with van der Waals surface area (Å²) < 4.78 is 4.92. The second kappa shape index (κ2) is 6.82. The number of benzene rings is 1. The fourth-order valence-corrected chi connectivity index (χ4v) is 2.00. The standard InChI is InChI=1S/C16H18N2O2/c1-2-20-16(19)10-15(17)13-6-3-5-12(9-13)14-7-4-8-18-11-14/h3-9,11,15H,2,10,17H2,1H3. The highest BCUT2D eigenvalue weighted by Crippen LogP contribution is 2.23. The van der Waals surface area contributed by atoms with E-state index in [1.54, 1.807) is 19.3 Å². The Balaban J connectivity index is 2.15. The molecular formula is C16H18N2O2. The Hall–Kier alpha value is -2.20. The fourth-order valence-electron chi connectivity index (χ4n) is 2.00. The monoisotopic (exact) mass is 270 g/mol. The molecule has 1 heterocycles. The summed E-state index contributed by atoms with van der Waals surface area (Å²) in [4.78, 5) is 15.6. The van der Waals surface area contributed by atoms with Crippen molar-refractivity contribution in [2.75, 3.05) is 6.61 Å². The minimum atomic E-state index is -0.356. The van der Waals surface area contributed by atoms with E-state index in [4.69, 9.17) is 10.5 Å². The minimum Gasteiger partial charge on any atom is -0.466 e. The molecule has 0 spiro atoms. The van der Waals surface area contributed by atoms with E-state index in [0.717, 1.165) is 16.7 Å². The van der Waals surface area contributed by atoms with E-state index in [2.05, 4.69) is 4.98 Å². The molecule has 2 rings (SSSR count). The van der Waals surface area contributed by atoms with Crippen molar-refractivity contribution in [3.05, 3.63) is 54.4 Å². The molecule has 1 unspecified atom stereocenters. The first-order valence-electron chi connectivity index (χ1n) is 6.62. The molecule has 20 heavy (non-hydrogen) atoms. The van der Waals surface area contributed by atoms with Gasteiger partial charge in [-0.05, 0) is 35.7 Å². The number of carbonyl (C=O) groups excluding carboxylic acids is 1. The Kier molecular flexibility index (Phi) is 4.85. The summed E-state index contributed by atoms with van der Waals surface area (Å²) in [6.45, 7) is 2.16. The highest BCUT2D eigenvalue weighted by atomic mass is 16.5. The van der Waals surface area contributed by atoms with Crippen molar-refractivity contribution >= 4 is 5.97 Å². The van der Waals surface area contributed by atoms with Gasteiger partial charge in [0.2, 0.25) is 0 Å². The fraction of sp³-hybridized carbons (Fsp3) is 0.250. The molecule has 0 amide bonds. The smallest absolute Gasteiger partial charge is 0.307 e. The van der Waals surface area contributed by atoms with E-state index in [0.29, 0.717) is 6.61 Å². The molecule has 0 bridgehead atoms. The molecule has 0 saturated carbocycles. The van der Waals surface area contributed by atoms with E-state index in [1.165, 1.54) is 0 Å². The number of rotatable bonds is 5. The van der Waals surface area contributed by atoms with Crippen molar-refractivity contribution in [2.45, 2.75) is 19.4 Å². The van der Waals surface area contributed by atoms with Crippen molar-refractivity contribution in [3.8, 4) is 11.1 Å². The lowest BCUT2D eigenvalue weighted by molar-refractivity contribution is -0.143. The van der Waals surface area contributed by atoms with Crippen LogP contribution >= 0.6 is 0 Å². The number of hydrogen-bond donors (Lipinski definition) is 1. The van der Waals surface area contributed by atoms with E-state index in [-0.39, 0.29) is 18.4 Å². The molecule has 2 N–H and O–H groups in total. The van der Waals surface area contributed by atoms with Crippen molar-refractivity contribution in [2.24, 2.45) is 5.73 Å². The largest absolute Gasteiger partial charge is 0.466 e. The van der Waals surface area contributed by atoms with Gasteiger partial charge in [-0.3, -0.25) is 9.78 Å². The quantitative estimate of drug-likeness (QED) is 0.848. The number of nitrogens with zero attached hydrogens (tertiary/aromatic N) is 1. The zero-order chi connectivity index (χ0) is 14.4. The highest BCUT2D eigenvalue weighted by molar-refractivity contribution is 5.71. The Morgan fingerprint density at radius 1 is 1.30 bits per heavy atom. The summed E-state index contributed by atoms with van der Waals surface area (Å²) in [6.07, 6.45) is 3.72. The SMILES string of the molecule is CCOC(=O)CC(N)c1cccc(-c2cccnc2)c1. The molecule has 104 valence electrons. The summed E-state index contributed by atoms with van der Waals surface area (Å²) in [7, 11) is 0. The topological polar surface area (TPSA) is 65.2 Å². The second-order valence-corrected chi connectivity index (χ2v) is 4.48. The van der Waals surface area contributed by atoms with Gasteiger partial charge >= 0.3 is 5.97 Å². The number of aromatic nitrogens is 1. The van der Waals surface area contributed by atoms with E-state index >= 15 is 0 Å². The average molecular weight is 270 g/mol. The van der Waals surface area contributed by atoms with Crippen LogP contribution in [-0.4, -0.2) is 17.6 Å². The van der Waals surface area contributed by atoms with Crippen LogP contribution in [-0.2, 0) is 9.53 Å². The molecule has 0 saturated heterocycles. The number of nitrogens with two attached hydrogens (primary N) is 1. The molecule has 1 aromatic heterocycles. The lowest BCUT2D eigenvalue weighted by Crippen LogP contribution is -2.17. The second-order valence-electron chi connectivity index (χ2n) is 4.48. The number of esters is 1. The lowest BCUT2D eigenvalue weighted by atomic mass is 9.99. The normalized spacial score (nSPS) is 11.9. The van der Waals surface area contributed by atoms with Crippen LogP contribution in [0.1, 0.15) is 24.9 Å². The van der Waals surface area contributed by atoms with Gasteiger partial charge in [0.15, 0.2) is 0 Å². The van der Waals surface area contributed by atoms with Crippen LogP contribution in [0.25, 0.3) is 11.1 Å². The molecule has 0 aliphatic carbocycles. The molecule has 1 atom stereocenters. The van der Waals surface area contributed by atoms with Crippen molar-refractivity contribution in [1.29, 1.82) is 0 Å². The van der Waals surface area contributed by atoms with Crippen LogP contribution < -0.4 is 5.73 Å². The first-order valence-corrected chi connectivity index (χ1v) is 6.62. The third-order valence-electron chi connectivity index (χ3n) is 3.00. The van der Waals surface area contributed by atoms with E-state index in [9.17, 15) is 4.79 Å². The van der Waals surface area contributed by atoms with E-state index < -0.39 is 0 Å². The predicted molar refractivity (Wildman–Crippen MR) is 77.9 cm³/mol. The molecule has 2 aromatic rings. The molecule has 0 aliphatic heterocycles. The zero-order valence-corrected chi connectivity index (χ0v) is 11.5. The number of hydrogen-bond acceptors (Lipinski definition) is 4. The van der Waals surface area contributed by atoms with Crippen LogP contribution in [0.15, 0.2) is 48.8 Å². The van der Waals surface area contributed by atoms with Crippen molar-refractivity contribution in [3.63, 3.8) is 0 Å². The number of carbonyl (C=O) groups is 1. The van der Waals surface area contributed by atoms with Crippen molar-refractivity contribution in [1.82, 2.24) is 4.98 Å². The van der Waals surface area contributed by atoms with Gasteiger partial charge in [0.25, 0.3) is 0 Å². The van der Waals surface area contributed by atoms with Crippen LogP contribution in [0.5, 0.6) is 0 Å². The van der Waals surface area contributed by atoms with Crippen LogP contribution in [0, 0.1) is 0 Å². The molecule has 0 aliphatic rings. The maximum atomic E-state index is 11.5. The van der Waals surface area contributed by atoms with Gasteiger partial charge in [-0.25, -0.2) is 0 Å². The van der Waals surface area contributed by atoms with Crippen LogP contribution in [0.3, 0.4) is 0 Å². The van der Waals surface area contributed by atoms with Gasteiger partial charge in [0.05, 0.1) is 13.0 Å². The summed E-state index contributed by atoms with van der Waals surface area (Å²) in [5.74, 6) is -0.271. The molecule has 4 heteroatoms. The first kappa shape index (κ1) is 14.2. The highest BCUT2D eigenvalue weighted by Gasteiger charge is 2.13. The number of pyridine rings is 1. The number of ether oxygens (including phenoxy) is 1. The Labute approximate surface area is 118 Å². The predicted octanol–water partition coefficient (Wildman–Crippen LogP) is 2.70. The summed E-state index contributed by atoms with van der Waals surface area (Å²) in [6, 6.07) is 11.4. The van der Waals surface area contributed by atoms with E-state index in [1.807, 2.05) is 36.4 Å². The Morgan fingerprint density at radius 2 is 2.10 bits per heavy atom. The van der Waals surface area contributed by atoms with Crippen molar-refractivity contribution < 1.29 is 9.53 Å². The van der Waals surface area contributed by atoms with Gasteiger partial charge in [-0.2, -0.15) is 0 Å². The maximum absolute atomic E-state index is 11.5.